The van der Waals surface area contributed by atoms with Crippen molar-refractivity contribution >= 4 is 16.9 Å². The molecule has 7 rings (SSSR count). The number of aliphatic hydroxyl groups excluding tert-OH is 1. The van der Waals surface area contributed by atoms with Crippen molar-refractivity contribution in [3.63, 3.8) is 0 Å². The Morgan fingerprint density at radius 3 is 2.93 bits per heavy atom. The molecule has 5 aliphatic rings. The van der Waals surface area contributed by atoms with Gasteiger partial charge in [-0.25, -0.2) is 0 Å². The molecule has 6 atom stereocenters. The Morgan fingerprint density at radius 2 is 2.19 bits per heavy atom. The van der Waals surface area contributed by atoms with Crippen molar-refractivity contribution in [2.24, 2.45) is 11.3 Å². The molecule has 1 aromatic carbocycles. The molecule has 142 valence electrons. The molecule has 2 N–H and O–H groups in total. The summed E-state index contributed by atoms with van der Waals surface area (Å²) in [6.07, 6.45) is 0.832. The number of benzene rings is 1. The number of esters is 1. The maximum atomic E-state index is 12.9. The minimum absolute atomic E-state index is 0.205. The molecular formula is C20H20O7. The third kappa shape index (κ3) is 1.45. The largest absolute Gasteiger partial charge is 0.496 e. The van der Waals surface area contributed by atoms with Crippen LogP contribution in [-0.4, -0.2) is 47.9 Å². The molecule has 1 aromatic heterocycles. The highest BCUT2D eigenvalue weighted by atomic mass is 16.7. The summed E-state index contributed by atoms with van der Waals surface area (Å²) < 4.78 is 22.9. The van der Waals surface area contributed by atoms with E-state index in [1.807, 2.05) is 12.1 Å². The van der Waals surface area contributed by atoms with E-state index in [1.54, 1.807) is 20.3 Å². The monoisotopic (exact) mass is 372 g/mol. The van der Waals surface area contributed by atoms with Crippen molar-refractivity contribution in [2.75, 3.05) is 13.7 Å². The molecule has 0 amide bonds. The molecule has 3 aliphatic heterocycles. The highest BCUT2D eigenvalue weighted by Crippen LogP contribution is 2.68. The molecule has 2 aliphatic carbocycles. The zero-order chi connectivity index (χ0) is 18.8. The van der Waals surface area contributed by atoms with E-state index >= 15 is 0 Å². The van der Waals surface area contributed by atoms with Crippen molar-refractivity contribution in [3.05, 3.63) is 29.5 Å². The Hall–Kier alpha value is -2.09. The normalized spacial score (nSPS) is 44.1. The molecule has 7 heteroatoms. The van der Waals surface area contributed by atoms with Gasteiger partial charge in [-0.05, 0) is 31.0 Å². The lowest BCUT2D eigenvalue weighted by Gasteiger charge is -2.64. The molecular weight excluding hydrogens is 352 g/mol. The second-order valence-corrected chi connectivity index (χ2v) is 8.46. The lowest BCUT2D eigenvalue weighted by atomic mass is 9.45. The Labute approximate surface area is 154 Å². The number of fused-ring (bicyclic) bond motifs is 5. The summed E-state index contributed by atoms with van der Waals surface area (Å²) in [4.78, 5) is 12.9. The van der Waals surface area contributed by atoms with E-state index in [-0.39, 0.29) is 18.6 Å². The topological polar surface area (TPSA) is 98.4 Å². The highest BCUT2D eigenvalue weighted by Gasteiger charge is 2.80. The average molecular weight is 372 g/mol. The predicted octanol–water partition coefficient (Wildman–Crippen LogP) is 1.27. The standard InChI is InChI=1S/C20H20O7/c1-18-16-13(27-17(18)22)5-10-11(6-12(24-2)9-3-4-25-15(9)10)19(16)7-14(21)20(18,23)26-8-19/h3-4,6,13-14,16,21,23H,5,7-8H2,1-2H3/t13-,14+,16+,18+,19+,20+/m1/s1. The minimum atomic E-state index is -1.93. The average Bonchev–Trinajstić information content (AvgIpc) is 3.23. The van der Waals surface area contributed by atoms with Crippen LogP contribution in [0.3, 0.4) is 0 Å². The van der Waals surface area contributed by atoms with Gasteiger partial charge in [0.1, 0.15) is 29.0 Å². The summed E-state index contributed by atoms with van der Waals surface area (Å²) >= 11 is 0. The summed E-state index contributed by atoms with van der Waals surface area (Å²) in [6, 6.07) is 3.83. The zero-order valence-corrected chi connectivity index (χ0v) is 15.0. The van der Waals surface area contributed by atoms with E-state index in [4.69, 9.17) is 18.6 Å². The first kappa shape index (κ1) is 15.9. The summed E-state index contributed by atoms with van der Waals surface area (Å²) in [6.45, 7) is 1.86. The van der Waals surface area contributed by atoms with Crippen LogP contribution in [0.15, 0.2) is 22.8 Å². The molecule has 4 heterocycles. The van der Waals surface area contributed by atoms with Gasteiger partial charge in [-0.15, -0.1) is 0 Å². The van der Waals surface area contributed by atoms with Gasteiger partial charge < -0.3 is 28.8 Å². The van der Waals surface area contributed by atoms with Crippen LogP contribution in [-0.2, 0) is 26.1 Å². The highest BCUT2D eigenvalue weighted by molar-refractivity contribution is 5.90. The number of ether oxygens (including phenoxy) is 3. The number of aliphatic hydroxyl groups is 2. The quantitative estimate of drug-likeness (QED) is 0.728. The summed E-state index contributed by atoms with van der Waals surface area (Å²) in [7, 11) is 1.61. The van der Waals surface area contributed by atoms with Crippen molar-refractivity contribution in [1.29, 1.82) is 0 Å². The van der Waals surface area contributed by atoms with Crippen molar-refractivity contribution < 1.29 is 33.6 Å². The first-order valence-corrected chi connectivity index (χ1v) is 9.20. The number of hydrogen-bond donors (Lipinski definition) is 2. The lowest BCUT2D eigenvalue weighted by Crippen LogP contribution is -2.76. The van der Waals surface area contributed by atoms with Gasteiger partial charge in [0, 0.05) is 23.3 Å². The second-order valence-electron chi connectivity index (χ2n) is 8.46. The Bertz CT molecular complexity index is 1010. The Balaban J connectivity index is 1.70. The second kappa shape index (κ2) is 4.48. The molecule has 27 heavy (non-hydrogen) atoms. The van der Waals surface area contributed by atoms with E-state index in [0.717, 1.165) is 16.5 Å². The lowest BCUT2D eigenvalue weighted by molar-refractivity contribution is -0.381. The van der Waals surface area contributed by atoms with Gasteiger partial charge in [0.25, 0.3) is 0 Å². The van der Waals surface area contributed by atoms with E-state index in [2.05, 4.69) is 0 Å². The predicted molar refractivity (Wildman–Crippen MR) is 91.2 cm³/mol. The van der Waals surface area contributed by atoms with E-state index in [0.29, 0.717) is 24.2 Å². The fraction of sp³-hybridized carbons (Fsp3) is 0.550. The van der Waals surface area contributed by atoms with Gasteiger partial charge in [-0.1, -0.05) is 0 Å². The summed E-state index contributed by atoms with van der Waals surface area (Å²) in [5.74, 6) is -2.05. The van der Waals surface area contributed by atoms with Crippen LogP contribution in [0.25, 0.3) is 11.0 Å². The van der Waals surface area contributed by atoms with Crippen molar-refractivity contribution in [2.45, 2.75) is 43.2 Å². The van der Waals surface area contributed by atoms with Crippen LogP contribution in [0, 0.1) is 11.3 Å². The molecule has 3 saturated heterocycles. The Kier molecular flexibility index (Phi) is 2.64. The maximum Gasteiger partial charge on any atom is 0.318 e. The van der Waals surface area contributed by atoms with Gasteiger partial charge >= 0.3 is 5.97 Å². The van der Waals surface area contributed by atoms with Crippen LogP contribution in [0.4, 0.5) is 0 Å². The molecule has 7 nitrogen and oxygen atoms in total. The van der Waals surface area contributed by atoms with Crippen LogP contribution in [0.2, 0.25) is 0 Å². The van der Waals surface area contributed by atoms with Crippen LogP contribution in [0.5, 0.6) is 5.75 Å². The molecule has 1 spiro atoms. The third-order valence-corrected chi connectivity index (χ3v) is 7.54. The maximum absolute atomic E-state index is 12.9. The number of carbonyl (C=O) groups excluding carboxylic acids is 1. The fourth-order valence-electron chi connectivity index (χ4n) is 6.38. The van der Waals surface area contributed by atoms with Crippen LogP contribution in [0.1, 0.15) is 24.5 Å². The molecule has 1 saturated carbocycles. The molecule has 0 unspecified atom stereocenters. The molecule has 2 aromatic rings. The van der Waals surface area contributed by atoms with Crippen molar-refractivity contribution in [1.82, 2.24) is 0 Å². The van der Waals surface area contributed by atoms with E-state index in [9.17, 15) is 15.0 Å². The van der Waals surface area contributed by atoms with Crippen LogP contribution >= 0.6 is 0 Å². The molecule has 2 bridgehead atoms. The van der Waals surface area contributed by atoms with Crippen LogP contribution < -0.4 is 4.74 Å². The summed E-state index contributed by atoms with van der Waals surface area (Å²) in [5, 5.41) is 22.8. The van der Waals surface area contributed by atoms with Gasteiger partial charge in [0.2, 0.25) is 5.79 Å². The van der Waals surface area contributed by atoms with Gasteiger partial charge in [-0.2, -0.15) is 0 Å². The van der Waals surface area contributed by atoms with Gasteiger partial charge in [0.15, 0.2) is 0 Å². The van der Waals surface area contributed by atoms with Gasteiger partial charge in [-0.3, -0.25) is 4.79 Å². The zero-order valence-electron chi connectivity index (χ0n) is 15.0. The minimum Gasteiger partial charge on any atom is -0.496 e. The molecule has 0 radical (unpaired) electrons. The number of carbonyl (C=O) groups is 1. The SMILES string of the molecule is COc1cc2c(c3occc13)C[C@H]1OC(=O)[C@]3(C)[C@H]1[C@@]21CO[C@@]3(O)[C@@H](O)C1. The number of furan rings is 1. The Morgan fingerprint density at radius 1 is 1.37 bits per heavy atom. The smallest absolute Gasteiger partial charge is 0.318 e. The summed E-state index contributed by atoms with van der Waals surface area (Å²) in [5.41, 5.74) is 0.641. The number of rotatable bonds is 1. The first-order chi connectivity index (χ1) is 12.9. The van der Waals surface area contributed by atoms with Crippen molar-refractivity contribution in [3.8, 4) is 5.75 Å². The van der Waals surface area contributed by atoms with Gasteiger partial charge in [0.05, 0.1) is 25.4 Å². The number of hydrogen-bond acceptors (Lipinski definition) is 7. The first-order valence-electron chi connectivity index (χ1n) is 9.20. The van der Waals surface area contributed by atoms with E-state index in [1.165, 1.54) is 0 Å². The fourth-order valence-corrected chi connectivity index (χ4v) is 6.38. The molecule has 4 fully saturated rings. The third-order valence-electron chi connectivity index (χ3n) is 7.54. The number of methoxy groups -OCH3 is 1. The van der Waals surface area contributed by atoms with E-state index < -0.39 is 28.7 Å².